The fourth-order valence-electron chi connectivity index (χ4n) is 2.11. The average molecular weight is 323 g/mol. The summed E-state index contributed by atoms with van der Waals surface area (Å²) in [4.78, 5) is 11.1. The van der Waals surface area contributed by atoms with Gasteiger partial charge < -0.3 is 14.6 Å². The average Bonchev–Trinajstić information content (AvgIpc) is 2.61. The van der Waals surface area contributed by atoms with Crippen molar-refractivity contribution in [2.45, 2.75) is 13.0 Å². The maximum Gasteiger partial charge on any atom is 0.344 e. The lowest BCUT2D eigenvalue weighted by atomic mass is 10.0. The van der Waals surface area contributed by atoms with Crippen LogP contribution in [0.4, 0.5) is 0 Å². The van der Waals surface area contributed by atoms with E-state index in [0.717, 1.165) is 5.56 Å². The summed E-state index contributed by atoms with van der Waals surface area (Å²) in [5.74, 6) is -0.389. The molecule has 0 amide bonds. The van der Waals surface area contributed by atoms with E-state index in [1.165, 1.54) is 14.0 Å². The fourth-order valence-corrected chi connectivity index (χ4v) is 2.11. The number of hydrogen-bond acceptors (Lipinski definition) is 4. The maximum absolute atomic E-state index is 11.1. The Morgan fingerprint density at radius 3 is 2.50 bits per heavy atom. The zero-order valence-corrected chi connectivity index (χ0v) is 13.4. The third kappa shape index (κ3) is 3.93. The van der Waals surface area contributed by atoms with Crippen molar-refractivity contribution in [3.05, 3.63) is 59.7 Å². The van der Waals surface area contributed by atoms with E-state index >= 15 is 0 Å². The van der Waals surface area contributed by atoms with Crippen LogP contribution in [0.2, 0.25) is 0 Å². The molecule has 0 bridgehead atoms. The van der Waals surface area contributed by atoms with E-state index in [0.29, 0.717) is 22.6 Å². The minimum Gasteiger partial charge on any atom is -0.493 e. The highest BCUT2D eigenvalue weighted by Crippen LogP contribution is 2.34. The molecule has 2 rings (SSSR count). The molecule has 24 heavy (non-hydrogen) atoms. The minimum atomic E-state index is -1.08. The second-order valence-electron chi connectivity index (χ2n) is 5.01. The first kappa shape index (κ1) is 17.1. The van der Waals surface area contributed by atoms with Gasteiger partial charge >= 0.3 is 5.97 Å². The van der Waals surface area contributed by atoms with E-state index in [4.69, 9.17) is 14.6 Å². The van der Waals surface area contributed by atoms with Crippen molar-refractivity contribution < 1.29 is 19.4 Å². The molecule has 1 N–H and O–H groups in total. The van der Waals surface area contributed by atoms with Crippen LogP contribution in [-0.2, 0) is 4.79 Å². The lowest BCUT2D eigenvalue weighted by Crippen LogP contribution is -2.23. The predicted octanol–water partition coefficient (Wildman–Crippen LogP) is 3.61. The summed E-state index contributed by atoms with van der Waals surface area (Å²) < 4.78 is 10.8. The molecule has 0 aliphatic rings. The van der Waals surface area contributed by atoms with Gasteiger partial charge in [-0.15, -0.1) is 0 Å². The summed E-state index contributed by atoms with van der Waals surface area (Å²) in [5.41, 5.74) is 1.78. The second-order valence-corrected chi connectivity index (χ2v) is 5.01. The van der Waals surface area contributed by atoms with Crippen molar-refractivity contribution in [2.24, 2.45) is 0 Å². The van der Waals surface area contributed by atoms with Gasteiger partial charge in [0.25, 0.3) is 0 Å². The van der Waals surface area contributed by atoms with Crippen LogP contribution in [0.5, 0.6) is 11.5 Å². The van der Waals surface area contributed by atoms with Crippen LogP contribution in [0, 0.1) is 11.3 Å². The SMILES string of the molecule is COc1cccc(/C=C(\C#N)c2ccccc2)c1O[C@@H](C)C(=O)O. The molecule has 0 unspecified atom stereocenters. The zero-order valence-electron chi connectivity index (χ0n) is 13.4. The van der Waals surface area contributed by atoms with Gasteiger partial charge in [0.1, 0.15) is 0 Å². The molecule has 0 radical (unpaired) electrons. The lowest BCUT2D eigenvalue weighted by molar-refractivity contribution is -0.144. The van der Waals surface area contributed by atoms with Crippen LogP contribution < -0.4 is 9.47 Å². The smallest absolute Gasteiger partial charge is 0.344 e. The van der Waals surface area contributed by atoms with Crippen LogP contribution in [-0.4, -0.2) is 24.3 Å². The molecule has 5 nitrogen and oxygen atoms in total. The van der Waals surface area contributed by atoms with E-state index in [9.17, 15) is 10.1 Å². The number of hydrogen-bond donors (Lipinski definition) is 1. The van der Waals surface area contributed by atoms with Crippen molar-refractivity contribution in [1.29, 1.82) is 5.26 Å². The van der Waals surface area contributed by atoms with Gasteiger partial charge in [0.15, 0.2) is 17.6 Å². The molecule has 0 saturated heterocycles. The summed E-state index contributed by atoms with van der Waals surface area (Å²) >= 11 is 0. The summed E-state index contributed by atoms with van der Waals surface area (Å²) in [6.45, 7) is 1.44. The largest absolute Gasteiger partial charge is 0.493 e. The van der Waals surface area contributed by atoms with E-state index < -0.39 is 12.1 Å². The first-order chi connectivity index (χ1) is 11.6. The summed E-state index contributed by atoms with van der Waals surface area (Å²) in [7, 11) is 1.48. The molecule has 0 saturated carbocycles. The predicted molar refractivity (Wildman–Crippen MR) is 90.6 cm³/mol. The highest BCUT2D eigenvalue weighted by molar-refractivity contribution is 5.91. The van der Waals surface area contributed by atoms with Gasteiger partial charge in [-0.1, -0.05) is 42.5 Å². The van der Waals surface area contributed by atoms with Gasteiger partial charge in [-0.2, -0.15) is 5.26 Å². The van der Waals surface area contributed by atoms with Crippen LogP contribution in [0.3, 0.4) is 0 Å². The number of para-hydroxylation sites is 1. The molecule has 0 aliphatic carbocycles. The first-order valence-corrected chi connectivity index (χ1v) is 7.30. The lowest BCUT2D eigenvalue weighted by Gasteiger charge is -2.16. The number of benzene rings is 2. The molecular formula is C19H17NO4. The molecule has 0 aliphatic heterocycles. The van der Waals surface area contributed by atoms with Crippen molar-refractivity contribution >= 4 is 17.6 Å². The molecule has 2 aromatic rings. The van der Waals surface area contributed by atoms with Crippen molar-refractivity contribution in [2.75, 3.05) is 7.11 Å². The summed E-state index contributed by atoms with van der Waals surface area (Å²) in [6, 6.07) is 16.5. The molecule has 0 spiro atoms. The van der Waals surface area contributed by atoms with Gasteiger partial charge in [-0.25, -0.2) is 4.79 Å². The Labute approximate surface area is 140 Å². The van der Waals surface area contributed by atoms with E-state index in [-0.39, 0.29) is 0 Å². The third-order valence-electron chi connectivity index (χ3n) is 3.38. The number of allylic oxidation sites excluding steroid dienone is 1. The molecule has 2 aromatic carbocycles. The van der Waals surface area contributed by atoms with Crippen LogP contribution in [0.25, 0.3) is 11.6 Å². The highest BCUT2D eigenvalue weighted by atomic mass is 16.5. The molecular weight excluding hydrogens is 306 g/mol. The topological polar surface area (TPSA) is 79.5 Å². The number of nitriles is 1. The van der Waals surface area contributed by atoms with Crippen LogP contribution >= 0.6 is 0 Å². The summed E-state index contributed by atoms with van der Waals surface area (Å²) in [5, 5.41) is 18.5. The van der Waals surface area contributed by atoms with Crippen molar-refractivity contribution in [3.63, 3.8) is 0 Å². The monoisotopic (exact) mass is 323 g/mol. The van der Waals surface area contributed by atoms with Gasteiger partial charge in [0.2, 0.25) is 0 Å². The Morgan fingerprint density at radius 2 is 1.92 bits per heavy atom. The number of aliphatic carboxylic acids is 1. The molecule has 5 heteroatoms. The normalized spacial score (nSPS) is 12.1. The third-order valence-corrected chi connectivity index (χ3v) is 3.38. The molecule has 0 aromatic heterocycles. The molecule has 122 valence electrons. The van der Waals surface area contributed by atoms with Crippen molar-refractivity contribution in [3.8, 4) is 17.6 Å². The van der Waals surface area contributed by atoms with Gasteiger partial charge in [-0.3, -0.25) is 0 Å². The van der Waals surface area contributed by atoms with Crippen LogP contribution in [0.15, 0.2) is 48.5 Å². The van der Waals surface area contributed by atoms with Gasteiger partial charge in [-0.05, 0) is 24.6 Å². The van der Waals surface area contributed by atoms with Gasteiger partial charge in [0.05, 0.1) is 18.8 Å². The summed E-state index contributed by atoms with van der Waals surface area (Å²) in [6.07, 6.45) is 0.609. The Hall–Kier alpha value is -3.26. The van der Waals surface area contributed by atoms with Crippen molar-refractivity contribution in [1.82, 2.24) is 0 Å². The highest BCUT2D eigenvalue weighted by Gasteiger charge is 2.18. The maximum atomic E-state index is 11.1. The van der Waals surface area contributed by atoms with E-state index in [2.05, 4.69) is 6.07 Å². The Bertz CT molecular complexity index is 791. The molecule has 0 heterocycles. The standard InChI is InChI=1S/C19H17NO4/c1-13(19(21)22)24-18-15(9-6-10-17(18)23-2)11-16(12-20)14-7-4-3-5-8-14/h3-11,13H,1-2H3,(H,21,22)/b16-11+/t13-/m0/s1. The first-order valence-electron chi connectivity index (χ1n) is 7.30. The van der Waals surface area contributed by atoms with Gasteiger partial charge in [0, 0.05) is 5.56 Å². The zero-order chi connectivity index (χ0) is 17.5. The van der Waals surface area contributed by atoms with E-state index in [1.807, 2.05) is 30.3 Å². The number of rotatable bonds is 6. The van der Waals surface area contributed by atoms with E-state index in [1.54, 1.807) is 24.3 Å². The second kappa shape index (κ2) is 7.84. The Morgan fingerprint density at radius 1 is 1.21 bits per heavy atom. The number of methoxy groups -OCH3 is 1. The number of carboxylic acids is 1. The quantitative estimate of drug-likeness (QED) is 0.649. The number of nitrogens with zero attached hydrogens (tertiary/aromatic N) is 1. The number of carbonyl (C=O) groups is 1. The molecule has 0 fully saturated rings. The molecule has 1 atom stereocenters. The number of carboxylic acid groups (broad SMARTS) is 1. The van der Waals surface area contributed by atoms with Crippen LogP contribution in [0.1, 0.15) is 18.1 Å². The minimum absolute atomic E-state index is 0.290. The Kier molecular flexibility index (Phi) is 5.58. The fraction of sp³-hybridized carbons (Fsp3) is 0.158. The number of ether oxygens (including phenoxy) is 2. The Balaban J connectivity index is 2.51.